The van der Waals surface area contributed by atoms with E-state index in [1.165, 1.54) is 12.1 Å². The number of hydrogen-bond donors (Lipinski definition) is 1. The van der Waals surface area contributed by atoms with Crippen molar-refractivity contribution in [3.8, 4) is 0 Å². The van der Waals surface area contributed by atoms with Gasteiger partial charge in [0.15, 0.2) is 0 Å². The van der Waals surface area contributed by atoms with Gasteiger partial charge in [-0.25, -0.2) is 0 Å². The minimum atomic E-state index is -0.828. The number of carbonyl (C=O) groups excluding carboxylic acids is 3. The maximum absolute atomic E-state index is 12.6. The molecule has 0 aromatic heterocycles. The smallest absolute Gasteiger partial charge is 0.282 e. The van der Waals surface area contributed by atoms with Crippen molar-refractivity contribution in [3.63, 3.8) is 0 Å². The van der Waals surface area contributed by atoms with Gasteiger partial charge in [-0.3, -0.25) is 29.4 Å². The first-order chi connectivity index (χ1) is 13.3. The summed E-state index contributed by atoms with van der Waals surface area (Å²) in [5.41, 5.74) is 1.25. The van der Waals surface area contributed by atoms with E-state index in [9.17, 15) is 24.5 Å². The standard InChI is InChI=1S/C20H19N3O5/c1-3-15(13-9-7-12(2)8-10-13)21-17(24)11-22-19(25)14-5-4-6-16(23(27)28)18(14)20(22)26/h4-10,15H,3,11H2,1-2H3,(H,21,24)/t15-/m1/s1. The first-order valence-corrected chi connectivity index (χ1v) is 8.83. The van der Waals surface area contributed by atoms with Crippen molar-refractivity contribution in [1.29, 1.82) is 0 Å². The summed E-state index contributed by atoms with van der Waals surface area (Å²) >= 11 is 0. The quantitative estimate of drug-likeness (QED) is 0.470. The second kappa shape index (κ2) is 7.59. The Morgan fingerprint density at radius 1 is 1.14 bits per heavy atom. The summed E-state index contributed by atoms with van der Waals surface area (Å²) in [7, 11) is 0. The fraction of sp³-hybridized carbons (Fsp3) is 0.250. The van der Waals surface area contributed by atoms with Crippen LogP contribution in [0.1, 0.15) is 51.2 Å². The minimum absolute atomic E-state index is 0.0578. The van der Waals surface area contributed by atoms with Gasteiger partial charge < -0.3 is 5.32 Å². The number of nitrogens with one attached hydrogen (secondary N) is 1. The highest BCUT2D eigenvalue weighted by molar-refractivity contribution is 6.24. The van der Waals surface area contributed by atoms with Crippen LogP contribution in [0.2, 0.25) is 0 Å². The largest absolute Gasteiger partial charge is 0.348 e. The molecule has 0 saturated carbocycles. The third-order valence-electron chi connectivity index (χ3n) is 4.70. The van der Waals surface area contributed by atoms with Crippen LogP contribution in [-0.4, -0.2) is 34.1 Å². The fourth-order valence-electron chi connectivity index (χ4n) is 3.21. The van der Waals surface area contributed by atoms with Crippen LogP contribution in [0.4, 0.5) is 5.69 Å². The van der Waals surface area contributed by atoms with Gasteiger partial charge in [-0.05, 0) is 25.0 Å². The summed E-state index contributed by atoms with van der Waals surface area (Å²) in [5, 5.41) is 14.0. The zero-order chi connectivity index (χ0) is 20.4. The summed E-state index contributed by atoms with van der Waals surface area (Å²) < 4.78 is 0. The molecule has 144 valence electrons. The predicted molar refractivity (Wildman–Crippen MR) is 101 cm³/mol. The van der Waals surface area contributed by atoms with E-state index in [0.29, 0.717) is 6.42 Å². The average molecular weight is 381 g/mol. The molecule has 0 spiro atoms. The molecule has 1 heterocycles. The summed E-state index contributed by atoms with van der Waals surface area (Å²) in [6, 6.07) is 11.3. The van der Waals surface area contributed by atoms with Crippen LogP contribution in [0, 0.1) is 17.0 Å². The van der Waals surface area contributed by atoms with Crippen LogP contribution < -0.4 is 5.32 Å². The molecule has 3 amide bonds. The second-order valence-corrected chi connectivity index (χ2v) is 6.59. The van der Waals surface area contributed by atoms with Crippen molar-refractivity contribution >= 4 is 23.4 Å². The van der Waals surface area contributed by atoms with Crippen molar-refractivity contribution < 1.29 is 19.3 Å². The molecule has 0 radical (unpaired) electrons. The first kappa shape index (κ1) is 19.2. The molecular formula is C20H19N3O5. The number of imide groups is 1. The highest BCUT2D eigenvalue weighted by atomic mass is 16.6. The lowest BCUT2D eigenvalue weighted by Crippen LogP contribution is -2.41. The number of hydrogen-bond acceptors (Lipinski definition) is 5. The molecule has 0 unspecified atom stereocenters. The maximum atomic E-state index is 12.6. The zero-order valence-corrected chi connectivity index (χ0v) is 15.5. The number of amides is 3. The van der Waals surface area contributed by atoms with Crippen LogP contribution in [0.25, 0.3) is 0 Å². The normalized spacial score (nSPS) is 14.0. The molecule has 1 N–H and O–H groups in total. The molecule has 1 aliphatic heterocycles. The van der Waals surface area contributed by atoms with Gasteiger partial charge >= 0.3 is 0 Å². The molecule has 0 fully saturated rings. The SMILES string of the molecule is CC[C@@H](NC(=O)CN1C(=O)c2cccc([N+](=O)[O-])c2C1=O)c1ccc(C)cc1. The summed E-state index contributed by atoms with van der Waals surface area (Å²) in [4.78, 5) is 48.7. The highest BCUT2D eigenvalue weighted by Gasteiger charge is 2.41. The molecule has 8 nitrogen and oxygen atoms in total. The number of nitro groups is 1. The maximum Gasteiger partial charge on any atom is 0.282 e. The molecule has 1 atom stereocenters. The molecule has 0 aliphatic carbocycles. The zero-order valence-electron chi connectivity index (χ0n) is 15.5. The third kappa shape index (κ3) is 3.48. The Morgan fingerprint density at radius 3 is 2.43 bits per heavy atom. The van der Waals surface area contributed by atoms with E-state index >= 15 is 0 Å². The van der Waals surface area contributed by atoms with Gasteiger partial charge in [-0.1, -0.05) is 42.8 Å². The predicted octanol–water partition coefficient (Wildman–Crippen LogP) is 2.77. The van der Waals surface area contributed by atoms with Crippen molar-refractivity contribution in [1.82, 2.24) is 10.2 Å². The van der Waals surface area contributed by atoms with E-state index in [2.05, 4.69) is 5.32 Å². The summed E-state index contributed by atoms with van der Waals surface area (Å²) in [6.45, 7) is 3.38. The number of carbonyl (C=O) groups is 3. The molecule has 0 saturated heterocycles. The Labute approximate surface area is 161 Å². The Balaban J connectivity index is 1.76. The van der Waals surface area contributed by atoms with Crippen molar-refractivity contribution in [3.05, 3.63) is 74.8 Å². The van der Waals surface area contributed by atoms with Crippen LogP contribution in [-0.2, 0) is 4.79 Å². The Kier molecular flexibility index (Phi) is 5.21. The van der Waals surface area contributed by atoms with Gasteiger partial charge in [-0.15, -0.1) is 0 Å². The monoisotopic (exact) mass is 381 g/mol. The molecule has 2 aromatic carbocycles. The summed E-state index contributed by atoms with van der Waals surface area (Å²) in [6.07, 6.45) is 0.627. The Morgan fingerprint density at radius 2 is 1.82 bits per heavy atom. The molecule has 3 rings (SSSR count). The molecule has 0 bridgehead atoms. The molecule has 2 aromatic rings. The highest BCUT2D eigenvalue weighted by Crippen LogP contribution is 2.30. The van der Waals surface area contributed by atoms with Crippen LogP contribution in [0.3, 0.4) is 0 Å². The Bertz CT molecular complexity index is 968. The molecule has 28 heavy (non-hydrogen) atoms. The van der Waals surface area contributed by atoms with Crippen molar-refractivity contribution in [2.45, 2.75) is 26.3 Å². The van der Waals surface area contributed by atoms with Gasteiger partial charge in [0.05, 0.1) is 16.5 Å². The third-order valence-corrected chi connectivity index (χ3v) is 4.70. The lowest BCUT2D eigenvalue weighted by Gasteiger charge is -2.20. The number of aryl methyl sites for hydroxylation is 1. The topological polar surface area (TPSA) is 110 Å². The number of nitrogens with zero attached hydrogens (tertiary/aromatic N) is 2. The summed E-state index contributed by atoms with van der Waals surface area (Å²) in [5.74, 6) is -2.04. The lowest BCUT2D eigenvalue weighted by atomic mass is 10.0. The van der Waals surface area contributed by atoms with E-state index in [4.69, 9.17) is 0 Å². The average Bonchev–Trinajstić information content (AvgIpc) is 2.91. The number of nitro benzene ring substituents is 1. The van der Waals surface area contributed by atoms with E-state index in [-0.39, 0.29) is 17.2 Å². The second-order valence-electron chi connectivity index (χ2n) is 6.59. The van der Waals surface area contributed by atoms with Gasteiger partial charge in [-0.2, -0.15) is 0 Å². The minimum Gasteiger partial charge on any atom is -0.348 e. The lowest BCUT2D eigenvalue weighted by molar-refractivity contribution is -0.385. The van der Waals surface area contributed by atoms with Crippen LogP contribution in [0.15, 0.2) is 42.5 Å². The van der Waals surface area contributed by atoms with Crippen LogP contribution >= 0.6 is 0 Å². The number of rotatable bonds is 6. The van der Waals surface area contributed by atoms with Gasteiger partial charge in [0.2, 0.25) is 5.91 Å². The van der Waals surface area contributed by atoms with Gasteiger partial charge in [0.1, 0.15) is 12.1 Å². The van der Waals surface area contributed by atoms with E-state index in [1.807, 2.05) is 38.1 Å². The van der Waals surface area contributed by atoms with Gasteiger partial charge in [0, 0.05) is 6.07 Å². The van der Waals surface area contributed by atoms with Crippen molar-refractivity contribution in [2.75, 3.05) is 6.54 Å². The number of benzene rings is 2. The van der Waals surface area contributed by atoms with E-state index < -0.39 is 34.9 Å². The van der Waals surface area contributed by atoms with Crippen molar-refractivity contribution in [2.24, 2.45) is 0 Å². The molecule has 1 aliphatic rings. The first-order valence-electron chi connectivity index (χ1n) is 8.83. The molecular weight excluding hydrogens is 362 g/mol. The Hall–Kier alpha value is -3.55. The van der Waals surface area contributed by atoms with E-state index in [1.54, 1.807) is 0 Å². The fourth-order valence-corrected chi connectivity index (χ4v) is 3.21. The van der Waals surface area contributed by atoms with Crippen LogP contribution in [0.5, 0.6) is 0 Å². The van der Waals surface area contributed by atoms with Gasteiger partial charge in [0.25, 0.3) is 17.5 Å². The van der Waals surface area contributed by atoms with E-state index in [0.717, 1.165) is 22.1 Å². The number of fused-ring (bicyclic) bond motifs is 1. The molecule has 8 heteroatoms.